The third-order valence-electron chi connectivity index (χ3n) is 7.04. The number of aryl methyl sites for hydroxylation is 1. The molecule has 0 radical (unpaired) electrons. The summed E-state index contributed by atoms with van der Waals surface area (Å²) in [6, 6.07) is 21.1. The van der Waals surface area contributed by atoms with E-state index >= 15 is 0 Å². The molecular weight excluding hydrogens is 600 g/mol. The molecule has 8 nitrogen and oxygen atoms in total. The predicted octanol–water partition coefficient (Wildman–Crippen LogP) is 5.55. The molecule has 0 saturated carbocycles. The van der Waals surface area contributed by atoms with Crippen LogP contribution in [-0.2, 0) is 25.9 Å². The topological polar surface area (TPSA) is 106 Å². The van der Waals surface area contributed by atoms with Crippen molar-refractivity contribution < 1.29 is 27.2 Å². The van der Waals surface area contributed by atoms with Gasteiger partial charge in [-0.2, -0.15) is 18.3 Å². The summed E-state index contributed by atoms with van der Waals surface area (Å²) in [7, 11) is 0. The molecule has 0 bridgehead atoms. The van der Waals surface area contributed by atoms with Crippen LogP contribution in [0.25, 0.3) is 32.7 Å². The molecule has 0 N–H and O–H groups in total. The first kappa shape index (κ1) is 29.1. The van der Waals surface area contributed by atoms with Gasteiger partial charge in [0.1, 0.15) is 10.6 Å². The van der Waals surface area contributed by atoms with E-state index in [4.69, 9.17) is 0 Å². The molecule has 0 spiro atoms. The van der Waals surface area contributed by atoms with Crippen LogP contribution >= 0.6 is 11.3 Å². The molecule has 6 rings (SSSR count). The van der Waals surface area contributed by atoms with Crippen LogP contribution in [0.5, 0.6) is 6.08 Å². The van der Waals surface area contributed by atoms with E-state index in [0.29, 0.717) is 16.7 Å². The number of halogens is 4. The lowest BCUT2D eigenvalue weighted by Crippen LogP contribution is -2.40. The van der Waals surface area contributed by atoms with Crippen LogP contribution in [0.2, 0.25) is 0 Å². The van der Waals surface area contributed by atoms with Gasteiger partial charge in [0.25, 0.3) is 5.56 Å². The van der Waals surface area contributed by atoms with Gasteiger partial charge in [0.05, 0.1) is 18.4 Å². The Bertz CT molecular complexity index is 2080. The molecule has 44 heavy (non-hydrogen) atoms. The largest absolute Gasteiger partial charge is 0.528 e. The summed E-state index contributed by atoms with van der Waals surface area (Å²) in [5, 5.41) is 15.2. The molecule has 3 aromatic carbocycles. The number of rotatable bonds is 8. The Balaban J connectivity index is 1.37. The van der Waals surface area contributed by atoms with E-state index in [-0.39, 0.29) is 40.4 Å². The zero-order valence-electron chi connectivity index (χ0n) is 22.7. The number of nitrogens with zero attached hydrogens (tertiary/aromatic N) is 4. The van der Waals surface area contributed by atoms with Crippen LogP contribution in [0.4, 0.5) is 17.6 Å². The Hall–Kier alpha value is -5.04. The average Bonchev–Trinajstić information content (AvgIpc) is 3.62. The van der Waals surface area contributed by atoms with Gasteiger partial charge in [0, 0.05) is 17.0 Å². The maximum absolute atomic E-state index is 13.7. The Morgan fingerprint density at radius 3 is 2.23 bits per heavy atom. The Kier molecular flexibility index (Phi) is 7.64. The molecule has 0 aliphatic heterocycles. The highest BCUT2D eigenvalue weighted by molar-refractivity contribution is 7.18. The standard InChI is InChI=1S/C31H22F4N4O4S/c32-21-11-7-18(8-12-21)13-14-38-27(40)25-15-22(16-31(33,34)35)44-28(25)39(30(38)42)17-19-5-9-20(10-6-19)23-3-1-2-4-24(23)26-36-29(41)43-37-26/h1-12,15H,13-14,16-17H2,(H,36,37,41)/p-1. The van der Waals surface area contributed by atoms with Gasteiger partial charge in [-0.05, 0) is 46.9 Å². The van der Waals surface area contributed by atoms with Crippen molar-refractivity contribution in [2.24, 2.45) is 0 Å². The first-order valence-electron chi connectivity index (χ1n) is 13.3. The van der Waals surface area contributed by atoms with Crippen molar-refractivity contribution in [1.29, 1.82) is 0 Å². The highest BCUT2D eigenvalue weighted by Gasteiger charge is 2.29. The lowest BCUT2D eigenvalue weighted by atomic mass is 9.98. The van der Waals surface area contributed by atoms with E-state index in [1.165, 1.54) is 22.8 Å². The Morgan fingerprint density at radius 2 is 1.57 bits per heavy atom. The quantitative estimate of drug-likeness (QED) is 0.207. The van der Waals surface area contributed by atoms with Crippen molar-refractivity contribution >= 4 is 21.6 Å². The molecule has 0 fully saturated rings. The molecule has 0 aliphatic rings. The van der Waals surface area contributed by atoms with Crippen molar-refractivity contribution in [1.82, 2.24) is 19.3 Å². The lowest BCUT2D eigenvalue weighted by Gasteiger charge is -2.13. The van der Waals surface area contributed by atoms with Crippen LogP contribution in [-0.4, -0.2) is 25.5 Å². The van der Waals surface area contributed by atoms with Gasteiger partial charge in [0.2, 0.25) is 0 Å². The molecule has 6 aromatic rings. The normalized spacial score (nSPS) is 11.8. The molecule has 224 valence electrons. The monoisotopic (exact) mass is 621 g/mol. The van der Waals surface area contributed by atoms with Crippen molar-refractivity contribution in [3.8, 4) is 28.6 Å². The zero-order chi connectivity index (χ0) is 31.0. The summed E-state index contributed by atoms with van der Waals surface area (Å²) in [6.07, 6.45) is -6.29. The third kappa shape index (κ3) is 6.04. The third-order valence-corrected chi connectivity index (χ3v) is 8.20. The molecule has 13 heteroatoms. The number of hydrogen-bond donors (Lipinski definition) is 0. The van der Waals surface area contributed by atoms with E-state index in [0.717, 1.165) is 27.0 Å². The summed E-state index contributed by atoms with van der Waals surface area (Å²) < 4.78 is 59.9. The van der Waals surface area contributed by atoms with Crippen molar-refractivity contribution in [3.05, 3.63) is 122 Å². The maximum atomic E-state index is 13.7. The van der Waals surface area contributed by atoms with Gasteiger partial charge in [-0.3, -0.25) is 13.9 Å². The van der Waals surface area contributed by atoms with Crippen LogP contribution < -0.4 is 16.4 Å². The maximum Gasteiger partial charge on any atom is 0.393 e. The van der Waals surface area contributed by atoms with Gasteiger partial charge in [-0.15, -0.1) is 11.3 Å². The number of aromatic nitrogens is 4. The van der Waals surface area contributed by atoms with Crippen LogP contribution in [0.3, 0.4) is 0 Å². The number of benzene rings is 3. The summed E-state index contributed by atoms with van der Waals surface area (Å²) in [4.78, 5) is 30.9. The van der Waals surface area contributed by atoms with E-state index in [9.17, 15) is 32.3 Å². The second-order valence-electron chi connectivity index (χ2n) is 10.1. The average molecular weight is 622 g/mol. The summed E-state index contributed by atoms with van der Waals surface area (Å²) in [5.74, 6) is -0.287. The molecule has 3 aromatic heterocycles. The fraction of sp³-hybridized carbons (Fsp3) is 0.161. The van der Waals surface area contributed by atoms with E-state index in [1.807, 2.05) is 12.1 Å². The smallest absolute Gasteiger partial charge is 0.393 e. The molecule has 0 atom stereocenters. The van der Waals surface area contributed by atoms with E-state index in [2.05, 4.69) is 14.7 Å². The molecule has 0 amide bonds. The zero-order valence-corrected chi connectivity index (χ0v) is 23.5. The number of hydrogen-bond acceptors (Lipinski definition) is 7. The molecule has 0 unspecified atom stereocenters. The minimum absolute atomic E-state index is 0.00948. The highest BCUT2D eigenvalue weighted by atomic mass is 32.1. The van der Waals surface area contributed by atoms with Gasteiger partial charge < -0.3 is 9.63 Å². The summed E-state index contributed by atoms with van der Waals surface area (Å²) in [5.41, 5.74) is 2.07. The Morgan fingerprint density at radius 1 is 0.886 bits per heavy atom. The SMILES string of the molecule is O=c1c2cc(CC(F)(F)F)sc2n(Cc2ccc(-c3ccccc3-c3noc([O-])n3)cc2)c(=O)n1CCc1ccc(F)cc1. The Labute approximate surface area is 250 Å². The molecular formula is C31H21F4N4O4S-. The second kappa shape index (κ2) is 11.6. The number of fused-ring (bicyclic) bond motifs is 1. The van der Waals surface area contributed by atoms with Gasteiger partial charge in [-0.1, -0.05) is 60.7 Å². The minimum Gasteiger partial charge on any atom is -0.528 e. The minimum atomic E-state index is -4.49. The predicted molar refractivity (Wildman–Crippen MR) is 154 cm³/mol. The number of alkyl halides is 3. The van der Waals surface area contributed by atoms with E-state index in [1.54, 1.807) is 48.5 Å². The molecule has 0 saturated heterocycles. The summed E-state index contributed by atoms with van der Waals surface area (Å²) >= 11 is 0.764. The van der Waals surface area contributed by atoms with Crippen molar-refractivity contribution in [3.63, 3.8) is 0 Å². The summed E-state index contributed by atoms with van der Waals surface area (Å²) in [6.45, 7) is -0.0506. The molecule has 3 heterocycles. The van der Waals surface area contributed by atoms with Gasteiger partial charge in [-0.25, -0.2) is 14.2 Å². The fourth-order valence-electron chi connectivity index (χ4n) is 4.98. The first-order valence-corrected chi connectivity index (χ1v) is 14.1. The molecule has 0 aliphatic carbocycles. The highest BCUT2D eigenvalue weighted by Crippen LogP contribution is 2.32. The lowest BCUT2D eigenvalue weighted by molar-refractivity contribution is -0.303. The fourth-order valence-corrected chi connectivity index (χ4v) is 6.15. The van der Waals surface area contributed by atoms with E-state index < -0.39 is 35.7 Å². The van der Waals surface area contributed by atoms with Gasteiger partial charge >= 0.3 is 11.9 Å². The second-order valence-corrected chi connectivity index (χ2v) is 11.2. The first-order chi connectivity index (χ1) is 21.1. The van der Waals surface area contributed by atoms with Crippen LogP contribution in [0.15, 0.2) is 93.0 Å². The van der Waals surface area contributed by atoms with Crippen LogP contribution in [0.1, 0.15) is 16.0 Å². The van der Waals surface area contributed by atoms with Crippen molar-refractivity contribution in [2.75, 3.05) is 0 Å². The van der Waals surface area contributed by atoms with Gasteiger partial charge in [0.15, 0.2) is 11.9 Å². The van der Waals surface area contributed by atoms with Crippen molar-refractivity contribution in [2.45, 2.75) is 32.1 Å². The van der Waals surface area contributed by atoms with Crippen LogP contribution in [0, 0.1) is 5.82 Å². The number of thiophene rings is 1.